The number of nitrogens with zero attached hydrogens (tertiary/aromatic N) is 5. The maximum absolute atomic E-state index is 12.9. The number of nitrogens with one attached hydrogen (secondary N) is 2. The molecule has 2 aromatic rings. The molecular formula is C22H27N9O9S2. The first-order valence-corrected chi connectivity index (χ1v) is 14.5. The zero-order valence-electron chi connectivity index (χ0n) is 21.9. The maximum atomic E-state index is 12.9. The molecule has 2 amide bonds. The zero-order chi connectivity index (χ0) is 30.6. The summed E-state index contributed by atoms with van der Waals surface area (Å²) in [5.74, 6) is -3.36. The standard InChI is InChI=1S/C22H27N9O9S2/c1-10-15(20(33)31(10)42(36,37)38)27-19(32)16(18-28-22(24)41-30-18)29-40-14(21(34)35)9-39-13-4-2-11(3-5-13)17(23)26-12-6-7-25-8-12/h2-5,10,12,14-15,25H,6-9H2,1H3,(H2,23,26)(H,27,32)(H,34,35)(H2,24,28,30)(H,36,37,38)/b29-16-/t10-,12+,14-,15-/m0/s1. The lowest BCUT2D eigenvalue weighted by atomic mass is 10.0. The van der Waals surface area contributed by atoms with E-state index < -0.39 is 58.6 Å². The number of carbonyl (C=O) groups excluding carboxylic acids is 2. The predicted octanol–water partition coefficient (Wildman–Crippen LogP) is -2.04. The van der Waals surface area contributed by atoms with Gasteiger partial charge in [0.25, 0.3) is 17.9 Å². The van der Waals surface area contributed by atoms with E-state index >= 15 is 0 Å². The Balaban J connectivity index is 1.43. The quantitative estimate of drug-likeness (QED) is 0.0487. The number of aliphatic carboxylic acids is 1. The normalized spacial score (nSPS) is 21.9. The predicted molar refractivity (Wildman–Crippen MR) is 147 cm³/mol. The van der Waals surface area contributed by atoms with Gasteiger partial charge in [-0.3, -0.25) is 19.1 Å². The number of ether oxygens (including phenoxy) is 1. The first-order valence-electron chi connectivity index (χ1n) is 12.3. The molecule has 2 fully saturated rings. The number of hydrogen-bond donors (Lipinski definition) is 6. The number of benzene rings is 1. The number of amidine groups is 1. The van der Waals surface area contributed by atoms with Crippen LogP contribution in [0.2, 0.25) is 0 Å². The van der Waals surface area contributed by atoms with Gasteiger partial charge in [-0.15, -0.1) is 0 Å². The fourth-order valence-electron chi connectivity index (χ4n) is 4.01. The second-order valence-electron chi connectivity index (χ2n) is 9.13. The van der Waals surface area contributed by atoms with Crippen LogP contribution in [0.5, 0.6) is 5.75 Å². The summed E-state index contributed by atoms with van der Waals surface area (Å²) in [7, 11) is -4.83. The van der Waals surface area contributed by atoms with Crippen molar-refractivity contribution in [1.82, 2.24) is 24.3 Å². The molecule has 0 spiro atoms. The fourth-order valence-corrected chi connectivity index (χ4v) is 5.32. The van der Waals surface area contributed by atoms with Crippen molar-refractivity contribution >= 4 is 56.3 Å². The highest BCUT2D eigenvalue weighted by atomic mass is 32.2. The number of nitrogens with two attached hydrogens (primary N) is 2. The van der Waals surface area contributed by atoms with Crippen LogP contribution in [0, 0.1) is 0 Å². The molecule has 20 heteroatoms. The van der Waals surface area contributed by atoms with Gasteiger partial charge >= 0.3 is 16.3 Å². The Morgan fingerprint density at radius 1 is 1.33 bits per heavy atom. The van der Waals surface area contributed by atoms with E-state index in [1.165, 1.54) is 6.92 Å². The molecule has 2 aliphatic heterocycles. The minimum Gasteiger partial charge on any atom is -0.489 e. The maximum Gasteiger partial charge on any atom is 0.362 e. The second-order valence-corrected chi connectivity index (χ2v) is 11.2. The van der Waals surface area contributed by atoms with Gasteiger partial charge in [0, 0.05) is 23.6 Å². The Morgan fingerprint density at radius 2 is 2.05 bits per heavy atom. The number of oxime groups is 1. The number of rotatable bonds is 12. The van der Waals surface area contributed by atoms with E-state index in [0.29, 0.717) is 28.7 Å². The van der Waals surface area contributed by atoms with Gasteiger partial charge in [-0.2, -0.15) is 17.8 Å². The molecular weight excluding hydrogens is 598 g/mol. The SMILES string of the molecule is C[C@H]1[C@H](NC(=O)/C(=N\O[C@@H](COc2ccc(C(N)=N[C@@H]3CCNC3)cc2)C(=O)O)c2nsc(N)n2)C(=O)N1S(=O)(=O)O. The summed E-state index contributed by atoms with van der Waals surface area (Å²) >= 11 is 0.705. The Morgan fingerprint density at radius 3 is 2.60 bits per heavy atom. The molecule has 0 aliphatic carbocycles. The van der Waals surface area contributed by atoms with Crippen LogP contribution in [-0.2, 0) is 29.5 Å². The number of amides is 2. The van der Waals surface area contributed by atoms with Gasteiger partial charge in [-0.1, -0.05) is 5.16 Å². The summed E-state index contributed by atoms with van der Waals surface area (Å²) < 4.78 is 41.4. The summed E-state index contributed by atoms with van der Waals surface area (Å²) in [6.45, 7) is 2.37. The van der Waals surface area contributed by atoms with Crippen LogP contribution < -0.4 is 26.8 Å². The van der Waals surface area contributed by atoms with E-state index in [4.69, 9.17) is 25.6 Å². The lowest BCUT2D eigenvalue weighted by Crippen LogP contribution is -2.71. The molecule has 42 heavy (non-hydrogen) atoms. The highest BCUT2D eigenvalue weighted by Crippen LogP contribution is 2.23. The molecule has 18 nitrogen and oxygen atoms in total. The number of carboxylic acids is 1. The van der Waals surface area contributed by atoms with Crippen LogP contribution in [0.4, 0.5) is 5.13 Å². The third-order valence-corrected chi connectivity index (χ3v) is 7.75. The van der Waals surface area contributed by atoms with Crippen molar-refractivity contribution in [1.29, 1.82) is 0 Å². The minimum absolute atomic E-state index is 0.0525. The molecule has 226 valence electrons. The zero-order valence-corrected chi connectivity index (χ0v) is 23.5. The van der Waals surface area contributed by atoms with Gasteiger partial charge in [0.2, 0.25) is 11.5 Å². The average Bonchev–Trinajstić information content (AvgIpc) is 3.60. The van der Waals surface area contributed by atoms with Gasteiger partial charge in [-0.25, -0.2) is 9.10 Å². The molecule has 4 atom stereocenters. The molecule has 0 saturated carbocycles. The minimum atomic E-state index is -4.83. The fraction of sp³-hybridized carbons (Fsp3) is 0.409. The highest BCUT2D eigenvalue weighted by molar-refractivity contribution is 7.84. The Labute approximate surface area is 242 Å². The van der Waals surface area contributed by atoms with E-state index in [9.17, 15) is 27.9 Å². The smallest absolute Gasteiger partial charge is 0.362 e. The molecule has 1 aromatic heterocycles. The summed E-state index contributed by atoms with van der Waals surface area (Å²) in [6.07, 6.45) is -0.815. The van der Waals surface area contributed by atoms with Crippen molar-refractivity contribution in [3.63, 3.8) is 0 Å². The number of aliphatic imine (C=N–C) groups is 1. The van der Waals surface area contributed by atoms with Crippen molar-refractivity contribution < 1.29 is 42.0 Å². The van der Waals surface area contributed by atoms with Gasteiger partial charge in [-0.05, 0) is 44.2 Å². The molecule has 0 bridgehead atoms. The van der Waals surface area contributed by atoms with Gasteiger partial charge in [0.15, 0.2) is 5.13 Å². The number of anilines is 1. The molecule has 0 radical (unpaired) electrons. The number of hydrogen-bond acceptors (Lipinski definition) is 14. The number of carboxylic acid groups (broad SMARTS) is 1. The van der Waals surface area contributed by atoms with Crippen LogP contribution in [0.25, 0.3) is 0 Å². The summed E-state index contributed by atoms with van der Waals surface area (Å²) in [4.78, 5) is 50.3. The number of nitrogen functional groups attached to an aromatic ring is 1. The monoisotopic (exact) mass is 625 g/mol. The third-order valence-electron chi connectivity index (χ3n) is 6.19. The first-order chi connectivity index (χ1) is 19.8. The Kier molecular flexibility index (Phi) is 9.19. The lowest BCUT2D eigenvalue weighted by Gasteiger charge is -2.42. The number of β-lactam (4-membered cyclic amide) rings is 1. The molecule has 8 N–H and O–H groups in total. The van der Waals surface area contributed by atoms with Crippen molar-refractivity contribution in [3.05, 3.63) is 35.7 Å². The summed E-state index contributed by atoms with van der Waals surface area (Å²) in [5, 5.41) is 18.6. The van der Waals surface area contributed by atoms with Crippen LogP contribution in [0.3, 0.4) is 0 Å². The topological polar surface area (TPSA) is 274 Å². The third kappa shape index (κ3) is 7.08. The molecule has 1 aromatic carbocycles. The lowest BCUT2D eigenvalue weighted by molar-refractivity contribution is -0.152. The van der Waals surface area contributed by atoms with Crippen molar-refractivity contribution in [2.45, 2.75) is 37.6 Å². The molecule has 3 heterocycles. The summed E-state index contributed by atoms with van der Waals surface area (Å²) in [5.41, 5.74) is 11.7. The van der Waals surface area contributed by atoms with E-state index in [0.717, 1.165) is 19.5 Å². The molecule has 0 unspecified atom stereocenters. The van der Waals surface area contributed by atoms with Crippen molar-refractivity contribution in [2.24, 2.45) is 15.9 Å². The molecule has 4 rings (SSSR count). The van der Waals surface area contributed by atoms with Crippen LogP contribution in [-0.4, -0.2) is 105 Å². The van der Waals surface area contributed by atoms with Crippen LogP contribution in [0.15, 0.2) is 34.4 Å². The van der Waals surface area contributed by atoms with E-state index in [1.54, 1.807) is 24.3 Å². The van der Waals surface area contributed by atoms with E-state index in [1.807, 2.05) is 0 Å². The van der Waals surface area contributed by atoms with Gasteiger partial charge < -0.3 is 36.8 Å². The average molecular weight is 626 g/mol. The molecule has 2 saturated heterocycles. The van der Waals surface area contributed by atoms with Crippen LogP contribution in [0.1, 0.15) is 24.7 Å². The number of aromatic nitrogens is 2. The highest BCUT2D eigenvalue weighted by Gasteiger charge is 2.51. The Bertz CT molecular complexity index is 1510. The largest absolute Gasteiger partial charge is 0.489 e. The molecule has 2 aliphatic rings. The Hall–Kier alpha value is -4.40. The van der Waals surface area contributed by atoms with E-state index in [-0.39, 0.29) is 21.3 Å². The van der Waals surface area contributed by atoms with Gasteiger partial charge in [0.1, 0.15) is 24.2 Å². The van der Waals surface area contributed by atoms with Gasteiger partial charge in [0.05, 0.1) is 12.1 Å². The van der Waals surface area contributed by atoms with E-state index in [2.05, 4.69) is 30.1 Å². The van der Waals surface area contributed by atoms with Crippen LogP contribution >= 0.6 is 11.5 Å². The van der Waals surface area contributed by atoms with Crippen molar-refractivity contribution in [3.8, 4) is 5.75 Å². The van der Waals surface area contributed by atoms with Crippen molar-refractivity contribution in [2.75, 3.05) is 25.4 Å². The summed E-state index contributed by atoms with van der Waals surface area (Å²) in [6, 6.07) is 4.09. The second kappa shape index (κ2) is 12.6. The number of carbonyl (C=O) groups is 3. The first kappa shape index (κ1) is 30.6.